The highest BCUT2D eigenvalue weighted by molar-refractivity contribution is 5.94. The summed E-state index contributed by atoms with van der Waals surface area (Å²) in [5.41, 5.74) is 4.26. The van der Waals surface area contributed by atoms with Gasteiger partial charge in [-0.1, -0.05) is 42.5 Å². The lowest BCUT2D eigenvalue weighted by Gasteiger charge is -2.26. The molecule has 0 aliphatic heterocycles. The smallest absolute Gasteiger partial charge is 0.251 e. The first-order valence-corrected chi connectivity index (χ1v) is 9.97. The molecule has 0 heterocycles. The van der Waals surface area contributed by atoms with Gasteiger partial charge in [-0.15, -0.1) is 0 Å². The summed E-state index contributed by atoms with van der Waals surface area (Å²) >= 11 is 0. The number of ether oxygens (including phenoxy) is 2. The molecule has 0 spiro atoms. The van der Waals surface area contributed by atoms with Crippen LogP contribution in [0.25, 0.3) is 0 Å². The van der Waals surface area contributed by atoms with Gasteiger partial charge in [0, 0.05) is 11.6 Å². The fraction of sp³-hybridized carbons (Fsp3) is 0.240. The third-order valence-electron chi connectivity index (χ3n) is 5.34. The Bertz CT molecular complexity index is 981. The molecule has 0 saturated carbocycles. The topological polar surface area (TPSA) is 47.6 Å². The molecule has 148 valence electrons. The van der Waals surface area contributed by atoms with Crippen LogP contribution in [0.15, 0.2) is 72.8 Å². The van der Waals surface area contributed by atoms with Gasteiger partial charge in [0.2, 0.25) is 0 Å². The van der Waals surface area contributed by atoms with Gasteiger partial charge in [-0.3, -0.25) is 4.79 Å². The van der Waals surface area contributed by atoms with E-state index in [-0.39, 0.29) is 11.9 Å². The maximum absolute atomic E-state index is 12.7. The number of rotatable bonds is 6. The second-order valence-corrected chi connectivity index (χ2v) is 7.28. The van der Waals surface area contributed by atoms with Crippen LogP contribution in [0.4, 0.5) is 0 Å². The molecule has 3 aromatic rings. The van der Waals surface area contributed by atoms with Crippen molar-refractivity contribution in [2.45, 2.75) is 31.9 Å². The summed E-state index contributed by atoms with van der Waals surface area (Å²) in [4.78, 5) is 12.7. The molecule has 0 radical (unpaired) electrons. The predicted molar refractivity (Wildman–Crippen MR) is 113 cm³/mol. The quantitative estimate of drug-likeness (QED) is 0.641. The minimum absolute atomic E-state index is 0.0352. The van der Waals surface area contributed by atoms with Crippen molar-refractivity contribution in [2.75, 3.05) is 7.11 Å². The third kappa shape index (κ3) is 4.60. The van der Waals surface area contributed by atoms with Gasteiger partial charge in [-0.2, -0.15) is 0 Å². The number of fused-ring (bicyclic) bond motifs is 1. The molecule has 0 fully saturated rings. The molecular formula is C25H25NO3. The molecule has 1 N–H and O–H groups in total. The van der Waals surface area contributed by atoms with Gasteiger partial charge >= 0.3 is 0 Å². The van der Waals surface area contributed by atoms with Gasteiger partial charge in [0.05, 0.1) is 13.2 Å². The standard InChI is InChI=1S/C25H25NO3/c1-28-21-8-5-9-22(16-21)29-17-18-12-14-20(15-13-18)25(27)26-24-11-4-7-19-6-2-3-10-23(19)24/h2-3,5-6,8-10,12-16,24H,4,7,11,17H2,1H3,(H,26,27)/t24-/m1/s1. The van der Waals surface area contributed by atoms with E-state index < -0.39 is 0 Å². The molecule has 4 rings (SSSR count). The second kappa shape index (κ2) is 8.82. The van der Waals surface area contributed by atoms with E-state index in [0.29, 0.717) is 12.2 Å². The number of carbonyl (C=O) groups is 1. The van der Waals surface area contributed by atoms with Crippen molar-refractivity contribution in [3.63, 3.8) is 0 Å². The zero-order valence-corrected chi connectivity index (χ0v) is 16.6. The van der Waals surface area contributed by atoms with E-state index in [1.54, 1.807) is 7.11 Å². The molecule has 0 saturated heterocycles. The van der Waals surface area contributed by atoms with Crippen molar-refractivity contribution >= 4 is 5.91 Å². The van der Waals surface area contributed by atoms with Crippen molar-refractivity contribution in [3.05, 3.63) is 95.1 Å². The summed E-state index contributed by atoms with van der Waals surface area (Å²) in [7, 11) is 1.63. The van der Waals surface area contributed by atoms with Gasteiger partial charge in [0.25, 0.3) is 5.91 Å². The summed E-state index contributed by atoms with van der Waals surface area (Å²) in [5, 5.41) is 3.20. The summed E-state index contributed by atoms with van der Waals surface area (Å²) in [5.74, 6) is 1.48. The largest absolute Gasteiger partial charge is 0.497 e. The van der Waals surface area contributed by atoms with Crippen LogP contribution in [0.1, 0.15) is 45.9 Å². The molecule has 4 heteroatoms. The van der Waals surface area contributed by atoms with Crippen molar-refractivity contribution in [3.8, 4) is 11.5 Å². The molecule has 3 aromatic carbocycles. The number of aryl methyl sites for hydroxylation is 1. The van der Waals surface area contributed by atoms with Crippen LogP contribution in [0.5, 0.6) is 11.5 Å². The van der Waals surface area contributed by atoms with E-state index >= 15 is 0 Å². The molecule has 1 aliphatic rings. The third-order valence-corrected chi connectivity index (χ3v) is 5.34. The van der Waals surface area contributed by atoms with Crippen LogP contribution in [-0.4, -0.2) is 13.0 Å². The lowest BCUT2D eigenvalue weighted by Crippen LogP contribution is -2.30. The van der Waals surface area contributed by atoms with E-state index in [1.807, 2.05) is 54.6 Å². The van der Waals surface area contributed by atoms with Gasteiger partial charge in [-0.25, -0.2) is 0 Å². The van der Waals surface area contributed by atoms with Crippen LogP contribution in [0.3, 0.4) is 0 Å². The van der Waals surface area contributed by atoms with Crippen molar-refractivity contribution in [1.82, 2.24) is 5.32 Å². The SMILES string of the molecule is COc1cccc(OCc2ccc(C(=O)N[C@@H]3CCCc4ccccc43)cc2)c1. The van der Waals surface area contributed by atoms with Crippen LogP contribution >= 0.6 is 0 Å². The maximum Gasteiger partial charge on any atom is 0.251 e. The first-order chi connectivity index (χ1) is 14.2. The lowest BCUT2D eigenvalue weighted by atomic mass is 9.87. The van der Waals surface area contributed by atoms with Crippen LogP contribution in [0.2, 0.25) is 0 Å². The fourth-order valence-electron chi connectivity index (χ4n) is 3.76. The van der Waals surface area contributed by atoms with Crippen LogP contribution in [-0.2, 0) is 13.0 Å². The molecule has 0 bridgehead atoms. The molecule has 0 unspecified atom stereocenters. The first kappa shape index (κ1) is 19.1. The second-order valence-electron chi connectivity index (χ2n) is 7.28. The summed E-state index contributed by atoms with van der Waals surface area (Å²) < 4.78 is 11.0. The van der Waals surface area contributed by atoms with E-state index in [0.717, 1.165) is 36.3 Å². The number of amides is 1. The average molecular weight is 387 g/mol. The Morgan fingerprint density at radius 1 is 1.00 bits per heavy atom. The highest BCUT2D eigenvalue weighted by Gasteiger charge is 2.21. The van der Waals surface area contributed by atoms with Gasteiger partial charge in [0.1, 0.15) is 18.1 Å². The minimum Gasteiger partial charge on any atom is -0.497 e. The van der Waals surface area contributed by atoms with Crippen molar-refractivity contribution in [2.24, 2.45) is 0 Å². The Kier molecular flexibility index (Phi) is 5.80. The number of benzene rings is 3. The zero-order valence-electron chi connectivity index (χ0n) is 16.6. The minimum atomic E-state index is -0.0352. The predicted octanol–water partition coefficient (Wildman–Crippen LogP) is 5.08. The van der Waals surface area contributed by atoms with E-state index in [2.05, 4.69) is 23.5 Å². The molecule has 1 amide bonds. The molecule has 29 heavy (non-hydrogen) atoms. The number of hydrogen-bond acceptors (Lipinski definition) is 3. The molecule has 1 atom stereocenters. The average Bonchev–Trinajstić information content (AvgIpc) is 2.78. The van der Waals surface area contributed by atoms with Gasteiger partial charge in [0.15, 0.2) is 0 Å². The van der Waals surface area contributed by atoms with Crippen LogP contribution < -0.4 is 14.8 Å². The summed E-state index contributed by atoms with van der Waals surface area (Å²) in [6.07, 6.45) is 3.17. The molecule has 0 aromatic heterocycles. The number of methoxy groups -OCH3 is 1. The normalized spacial score (nSPS) is 15.3. The monoisotopic (exact) mass is 387 g/mol. The summed E-state index contributed by atoms with van der Waals surface area (Å²) in [6, 6.07) is 23.6. The Morgan fingerprint density at radius 3 is 2.62 bits per heavy atom. The summed E-state index contributed by atoms with van der Waals surface area (Å²) in [6.45, 7) is 0.436. The van der Waals surface area contributed by atoms with Crippen LogP contribution in [0, 0.1) is 0 Å². The highest BCUT2D eigenvalue weighted by atomic mass is 16.5. The van der Waals surface area contributed by atoms with Gasteiger partial charge < -0.3 is 14.8 Å². The lowest BCUT2D eigenvalue weighted by molar-refractivity contribution is 0.0932. The molecular weight excluding hydrogens is 362 g/mol. The van der Waals surface area contributed by atoms with Crippen molar-refractivity contribution < 1.29 is 14.3 Å². The Hall–Kier alpha value is -3.27. The number of nitrogens with one attached hydrogen (secondary N) is 1. The number of hydrogen-bond donors (Lipinski definition) is 1. The Labute approximate surface area is 171 Å². The zero-order chi connectivity index (χ0) is 20.1. The highest BCUT2D eigenvalue weighted by Crippen LogP contribution is 2.29. The van der Waals surface area contributed by atoms with E-state index in [1.165, 1.54) is 11.1 Å². The maximum atomic E-state index is 12.7. The molecule has 1 aliphatic carbocycles. The Balaban J connectivity index is 1.37. The fourth-order valence-corrected chi connectivity index (χ4v) is 3.76. The molecule has 4 nitrogen and oxygen atoms in total. The first-order valence-electron chi connectivity index (χ1n) is 9.97. The van der Waals surface area contributed by atoms with Crippen molar-refractivity contribution in [1.29, 1.82) is 0 Å². The number of carbonyl (C=O) groups excluding carboxylic acids is 1. The Morgan fingerprint density at radius 2 is 1.79 bits per heavy atom. The van der Waals surface area contributed by atoms with E-state index in [4.69, 9.17) is 9.47 Å². The van der Waals surface area contributed by atoms with E-state index in [9.17, 15) is 4.79 Å². The van der Waals surface area contributed by atoms with Gasteiger partial charge in [-0.05, 0) is 60.2 Å².